The molecule has 2 atom stereocenters. The molecule has 0 aliphatic carbocycles. The number of aryl methyl sites for hydroxylation is 1. The molecule has 6 rings (SSSR count). The highest BCUT2D eigenvalue weighted by Crippen LogP contribution is 2.39. The summed E-state index contributed by atoms with van der Waals surface area (Å²) in [5.41, 5.74) is 5.20. The molecule has 3 fully saturated rings. The van der Waals surface area contributed by atoms with Gasteiger partial charge in [0.05, 0.1) is 31.1 Å². The number of fused-ring (bicyclic) bond motifs is 1. The van der Waals surface area contributed by atoms with Gasteiger partial charge in [-0.25, -0.2) is 9.97 Å². The van der Waals surface area contributed by atoms with Crippen molar-refractivity contribution < 1.29 is 14.3 Å². The average molecular weight is 505 g/mol. The number of carbonyl (C=O) groups is 1. The van der Waals surface area contributed by atoms with Crippen LogP contribution in [0, 0.1) is 5.92 Å². The Balaban J connectivity index is 1.28. The SMILES string of the molecule is CCc1c(-c2ccc(N3CCN(C4COC4)CC3)nc2)cc2ncn(C)c2c1O[C@H](C)[C@H]1CNC(=O)C1. The van der Waals surface area contributed by atoms with E-state index < -0.39 is 0 Å². The molecule has 0 bridgehead atoms. The Morgan fingerprint density at radius 2 is 2.00 bits per heavy atom. The van der Waals surface area contributed by atoms with Crippen LogP contribution >= 0.6 is 0 Å². The summed E-state index contributed by atoms with van der Waals surface area (Å²) in [7, 11) is 2.00. The number of hydrogen-bond acceptors (Lipinski definition) is 7. The van der Waals surface area contributed by atoms with E-state index in [1.165, 1.54) is 0 Å². The van der Waals surface area contributed by atoms with Gasteiger partial charge in [0.15, 0.2) is 0 Å². The molecule has 3 aliphatic heterocycles. The zero-order valence-corrected chi connectivity index (χ0v) is 21.9. The number of hydrogen-bond donors (Lipinski definition) is 1. The van der Waals surface area contributed by atoms with Gasteiger partial charge in [0.2, 0.25) is 5.91 Å². The lowest BCUT2D eigenvalue weighted by Gasteiger charge is -2.42. The molecule has 0 unspecified atom stereocenters. The van der Waals surface area contributed by atoms with Crippen molar-refractivity contribution in [2.24, 2.45) is 13.0 Å². The van der Waals surface area contributed by atoms with Gasteiger partial charge >= 0.3 is 0 Å². The summed E-state index contributed by atoms with van der Waals surface area (Å²) in [6.07, 6.45) is 5.04. The van der Waals surface area contributed by atoms with Crippen molar-refractivity contribution in [3.8, 4) is 16.9 Å². The first kappa shape index (κ1) is 24.2. The summed E-state index contributed by atoms with van der Waals surface area (Å²) >= 11 is 0. The maximum atomic E-state index is 11.8. The molecule has 37 heavy (non-hydrogen) atoms. The molecule has 3 saturated heterocycles. The number of nitrogens with one attached hydrogen (secondary N) is 1. The standard InChI is InChI=1S/C28H36N6O3/c1-4-22-23(19-5-6-25(29-13-19)34-9-7-33(8-10-34)21-15-36-16-21)12-24-27(32(3)17-31-24)28(22)37-18(2)20-11-26(35)30-14-20/h5-6,12-13,17-18,20-21H,4,7-11,14-16H2,1-3H3,(H,30,35)/t18-,20-/m1/s1. The number of pyridine rings is 1. The average Bonchev–Trinajstić information content (AvgIpc) is 3.49. The van der Waals surface area contributed by atoms with Crippen LogP contribution in [-0.4, -0.2) is 83.4 Å². The van der Waals surface area contributed by atoms with E-state index >= 15 is 0 Å². The largest absolute Gasteiger partial charge is 0.488 e. The molecular weight excluding hydrogens is 468 g/mol. The predicted molar refractivity (Wildman–Crippen MR) is 143 cm³/mol. The van der Waals surface area contributed by atoms with E-state index in [2.05, 4.69) is 52.1 Å². The van der Waals surface area contributed by atoms with Crippen molar-refractivity contribution in [1.29, 1.82) is 0 Å². The van der Waals surface area contributed by atoms with Gasteiger partial charge in [-0.15, -0.1) is 0 Å². The summed E-state index contributed by atoms with van der Waals surface area (Å²) in [6, 6.07) is 7.06. The van der Waals surface area contributed by atoms with E-state index in [1.54, 1.807) is 0 Å². The summed E-state index contributed by atoms with van der Waals surface area (Å²) in [4.78, 5) is 26.2. The fourth-order valence-electron chi connectivity index (χ4n) is 5.78. The van der Waals surface area contributed by atoms with Gasteiger partial charge in [0, 0.05) is 69.4 Å². The van der Waals surface area contributed by atoms with Gasteiger partial charge in [-0.2, -0.15) is 0 Å². The number of piperazine rings is 1. The number of rotatable bonds is 7. The van der Waals surface area contributed by atoms with Crippen molar-refractivity contribution in [3.63, 3.8) is 0 Å². The van der Waals surface area contributed by atoms with Gasteiger partial charge in [-0.05, 0) is 37.1 Å². The summed E-state index contributed by atoms with van der Waals surface area (Å²) in [6.45, 7) is 10.7. The molecule has 196 valence electrons. The first-order valence-corrected chi connectivity index (χ1v) is 13.4. The van der Waals surface area contributed by atoms with Crippen LogP contribution < -0.4 is 15.0 Å². The zero-order chi connectivity index (χ0) is 25.5. The molecule has 1 aromatic carbocycles. The molecule has 0 saturated carbocycles. The molecule has 9 heteroatoms. The quantitative estimate of drug-likeness (QED) is 0.530. The van der Waals surface area contributed by atoms with E-state index in [0.717, 1.165) is 85.1 Å². The van der Waals surface area contributed by atoms with Crippen LogP contribution in [0.15, 0.2) is 30.7 Å². The number of carbonyl (C=O) groups excluding carboxylic acids is 1. The van der Waals surface area contributed by atoms with Gasteiger partial charge in [0.1, 0.15) is 23.2 Å². The van der Waals surface area contributed by atoms with Crippen LogP contribution in [0.5, 0.6) is 5.75 Å². The summed E-state index contributed by atoms with van der Waals surface area (Å²) < 4.78 is 14.0. The number of aromatic nitrogens is 3. The maximum absolute atomic E-state index is 11.8. The van der Waals surface area contributed by atoms with Crippen molar-refractivity contribution in [3.05, 3.63) is 36.3 Å². The van der Waals surface area contributed by atoms with Crippen LogP contribution in [0.4, 0.5) is 5.82 Å². The second-order valence-corrected chi connectivity index (χ2v) is 10.5. The van der Waals surface area contributed by atoms with E-state index in [-0.39, 0.29) is 17.9 Å². The molecule has 1 N–H and O–H groups in total. The topological polar surface area (TPSA) is 84.8 Å². The fourth-order valence-corrected chi connectivity index (χ4v) is 5.78. The number of ether oxygens (including phenoxy) is 2. The van der Waals surface area contributed by atoms with Gasteiger partial charge in [0.25, 0.3) is 0 Å². The van der Waals surface area contributed by atoms with E-state index in [4.69, 9.17) is 14.5 Å². The Kier molecular flexibility index (Phi) is 6.50. The third-order valence-corrected chi connectivity index (χ3v) is 8.22. The summed E-state index contributed by atoms with van der Waals surface area (Å²) in [5, 5.41) is 2.93. The van der Waals surface area contributed by atoms with Gasteiger partial charge < -0.3 is 24.3 Å². The Morgan fingerprint density at radius 1 is 1.19 bits per heavy atom. The minimum atomic E-state index is -0.0942. The molecule has 2 aromatic heterocycles. The monoisotopic (exact) mass is 504 g/mol. The highest BCUT2D eigenvalue weighted by molar-refractivity contribution is 5.91. The van der Waals surface area contributed by atoms with E-state index in [9.17, 15) is 4.79 Å². The molecule has 3 aliphatic rings. The number of nitrogens with zero attached hydrogens (tertiary/aromatic N) is 5. The lowest BCUT2D eigenvalue weighted by Crippen LogP contribution is -2.56. The predicted octanol–water partition coefficient (Wildman–Crippen LogP) is 2.62. The zero-order valence-electron chi connectivity index (χ0n) is 21.9. The Labute approximate surface area is 217 Å². The summed E-state index contributed by atoms with van der Waals surface area (Å²) in [5.74, 6) is 2.14. The smallest absolute Gasteiger partial charge is 0.220 e. The van der Waals surface area contributed by atoms with Crippen LogP contribution in [-0.2, 0) is 23.0 Å². The molecule has 1 amide bonds. The second-order valence-electron chi connectivity index (χ2n) is 10.5. The molecule has 3 aromatic rings. The van der Waals surface area contributed by atoms with Crippen molar-refractivity contribution in [2.75, 3.05) is 50.8 Å². The van der Waals surface area contributed by atoms with Crippen molar-refractivity contribution >= 4 is 22.8 Å². The van der Waals surface area contributed by atoms with Crippen LogP contribution in [0.2, 0.25) is 0 Å². The van der Waals surface area contributed by atoms with Gasteiger partial charge in [-0.1, -0.05) is 6.92 Å². The van der Waals surface area contributed by atoms with Crippen molar-refractivity contribution in [2.45, 2.75) is 38.8 Å². The minimum absolute atomic E-state index is 0.0942. The maximum Gasteiger partial charge on any atom is 0.220 e. The fraction of sp³-hybridized carbons (Fsp3) is 0.536. The van der Waals surface area contributed by atoms with E-state index in [1.807, 2.05) is 24.1 Å². The first-order chi connectivity index (χ1) is 18.0. The molecule has 0 spiro atoms. The number of amides is 1. The van der Waals surface area contributed by atoms with Crippen LogP contribution in [0.25, 0.3) is 22.2 Å². The Morgan fingerprint density at radius 3 is 2.62 bits per heavy atom. The molecule has 5 heterocycles. The molecule has 0 radical (unpaired) electrons. The lowest BCUT2D eigenvalue weighted by molar-refractivity contribution is -0.119. The second kappa shape index (κ2) is 9.95. The Bertz CT molecular complexity index is 1280. The van der Waals surface area contributed by atoms with E-state index in [0.29, 0.717) is 19.0 Å². The minimum Gasteiger partial charge on any atom is -0.488 e. The van der Waals surface area contributed by atoms with Gasteiger partial charge in [-0.3, -0.25) is 9.69 Å². The highest BCUT2D eigenvalue weighted by Gasteiger charge is 2.31. The van der Waals surface area contributed by atoms with Crippen LogP contribution in [0.3, 0.4) is 0 Å². The normalized spacial score (nSPS) is 21.8. The lowest BCUT2D eigenvalue weighted by atomic mass is 9.96. The number of imidazole rings is 1. The third-order valence-electron chi connectivity index (χ3n) is 8.22. The van der Waals surface area contributed by atoms with Crippen LogP contribution in [0.1, 0.15) is 25.8 Å². The third kappa shape index (κ3) is 4.55. The van der Waals surface area contributed by atoms with Crippen molar-refractivity contribution in [1.82, 2.24) is 24.8 Å². The molecular formula is C28H36N6O3. The Hall–Kier alpha value is -3.17. The number of benzene rings is 1. The number of anilines is 1. The molecule has 9 nitrogen and oxygen atoms in total. The first-order valence-electron chi connectivity index (χ1n) is 13.4. The highest BCUT2D eigenvalue weighted by atomic mass is 16.5.